The predicted octanol–water partition coefficient (Wildman–Crippen LogP) is 3.18. The van der Waals surface area contributed by atoms with Gasteiger partial charge in [0.2, 0.25) is 0 Å². The van der Waals surface area contributed by atoms with E-state index in [0.717, 1.165) is 42.5 Å². The molecule has 4 heteroatoms. The molecule has 23 heavy (non-hydrogen) atoms. The van der Waals surface area contributed by atoms with Gasteiger partial charge in [0.25, 0.3) is 5.91 Å². The molecule has 4 nitrogen and oxygen atoms in total. The first kappa shape index (κ1) is 15.9. The van der Waals surface area contributed by atoms with Crippen molar-refractivity contribution in [1.29, 1.82) is 0 Å². The molecule has 3 rings (SSSR count). The van der Waals surface area contributed by atoms with Gasteiger partial charge >= 0.3 is 0 Å². The summed E-state index contributed by atoms with van der Waals surface area (Å²) in [6, 6.07) is 10.7. The maximum absolute atomic E-state index is 12.9. The lowest BCUT2D eigenvalue weighted by atomic mass is 10.0. The molecule has 1 aliphatic rings. The number of hydrogen-bond acceptors (Lipinski definition) is 3. The third kappa shape index (κ3) is 3.22. The highest BCUT2D eigenvalue weighted by Crippen LogP contribution is 2.20. The summed E-state index contributed by atoms with van der Waals surface area (Å²) in [5.41, 5.74) is 1.69. The first-order valence-corrected chi connectivity index (χ1v) is 8.50. The van der Waals surface area contributed by atoms with Crippen molar-refractivity contribution < 1.29 is 4.79 Å². The monoisotopic (exact) mass is 311 g/mol. The normalized spacial score (nSPS) is 19.5. The van der Waals surface area contributed by atoms with E-state index in [4.69, 9.17) is 0 Å². The summed E-state index contributed by atoms with van der Waals surface area (Å²) >= 11 is 0. The van der Waals surface area contributed by atoms with Crippen LogP contribution >= 0.6 is 0 Å². The first-order chi connectivity index (χ1) is 11.1. The van der Waals surface area contributed by atoms with Crippen LogP contribution < -0.4 is 0 Å². The van der Waals surface area contributed by atoms with Gasteiger partial charge in [0.05, 0.1) is 5.52 Å². The second kappa shape index (κ2) is 6.67. The van der Waals surface area contributed by atoms with E-state index in [1.54, 1.807) is 6.20 Å². The van der Waals surface area contributed by atoms with Crippen LogP contribution in [-0.4, -0.2) is 52.4 Å². The van der Waals surface area contributed by atoms with Gasteiger partial charge in [-0.15, -0.1) is 0 Å². The van der Waals surface area contributed by atoms with Gasteiger partial charge in [0.1, 0.15) is 0 Å². The van der Waals surface area contributed by atoms with E-state index in [2.05, 4.69) is 30.7 Å². The summed E-state index contributed by atoms with van der Waals surface area (Å²) in [7, 11) is 0. The molecule has 0 radical (unpaired) electrons. The summed E-state index contributed by atoms with van der Waals surface area (Å²) in [4.78, 5) is 21.7. The molecule has 1 aliphatic heterocycles. The number of carbonyl (C=O) groups excluding carboxylic acids is 1. The Morgan fingerprint density at radius 1 is 1.30 bits per heavy atom. The van der Waals surface area contributed by atoms with Gasteiger partial charge in [-0.2, -0.15) is 0 Å². The number of nitrogens with zero attached hydrogens (tertiary/aromatic N) is 3. The van der Waals surface area contributed by atoms with Crippen molar-refractivity contribution in [2.75, 3.05) is 19.6 Å². The summed E-state index contributed by atoms with van der Waals surface area (Å²) in [5, 5.41) is 1.02. The van der Waals surface area contributed by atoms with Crippen molar-refractivity contribution in [3.63, 3.8) is 0 Å². The molecule has 0 aliphatic carbocycles. The van der Waals surface area contributed by atoms with Crippen LogP contribution in [-0.2, 0) is 0 Å². The number of carbonyl (C=O) groups is 1. The Morgan fingerprint density at radius 2 is 2.13 bits per heavy atom. The molecule has 1 atom stereocenters. The zero-order valence-electron chi connectivity index (χ0n) is 14.2. The van der Waals surface area contributed by atoms with E-state index < -0.39 is 0 Å². The molecule has 0 N–H and O–H groups in total. The predicted molar refractivity (Wildman–Crippen MR) is 93.6 cm³/mol. The maximum atomic E-state index is 12.9. The SMILES string of the molecule is CC[C@H]1CN(C(=O)c2ccc3ncccc3c2)CCN1C(C)C. The molecule has 2 heterocycles. The van der Waals surface area contributed by atoms with Gasteiger partial charge in [-0.25, -0.2) is 0 Å². The van der Waals surface area contributed by atoms with Gasteiger partial charge in [0, 0.05) is 48.9 Å². The minimum absolute atomic E-state index is 0.137. The van der Waals surface area contributed by atoms with E-state index in [1.807, 2.05) is 35.2 Å². The van der Waals surface area contributed by atoms with Gasteiger partial charge < -0.3 is 4.90 Å². The summed E-state index contributed by atoms with van der Waals surface area (Å²) in [5.74, 6) is 0.137. The molecule has 1 aromatic heterocycles. The number of aromatic nitrogens is 1. The Morgan fingerprint density at radius 3 is 2.87 bits per heavy atom. The van der Waals surface area contributed by atoms with E-state index in [1.165, 1.54) is 0 Å². The lowest BCUT2D eigenvalue weighted by Crippen LogP contribution is -2.56. The number of benzene rings is 1. The molecule has 0 saturated carbocycles. The molecule has 1 saturated heterocycles. The van der Waals surface area contributed by atoms with Crippen molar-refractivity contribution in [2.24, 2.45) is 0 Å². The highest BCUT2D eigenvalue weighted by Gasteiger charge is 2.30. The average Bonchev–Trinajstić information content (AvgIpc) is 2.60. The fraction of sp³-hybridized carbons (Fsp3) is 0.474. The molecular formula is C19H25N3O. The Bertz CT molecular complexity index is 698. The maximum Gasteiger partial charge on any atom is 0.253 e. The number of fused-ring (bicyclic) bond motifs is 1. The van der Waals surface area contributed by atoms with Crippen molar-refractivity contribution in [3.05, 3.63) is 42.1 Å². The van der Waals surface area contributed by atoms with Crippen LogP contribution in [0.4, 0.5) is 0 Å². The third-order valence-corrected chi connectivity index (χ3v) is 4.80. The number of piperazine rings is 1. The number of hydrogen-bond donors (Lipinski definition) is 0. The molecule has 122 valence electrons. The van der Waals surface area contributed by atoms with Crippen LogP contribution in [0.15, 0.2) is 36.5 Å². The zero-order valence-corrected chi connectivity index (χ0v) is 14.2. The highest BCUT2D eigenvalue weighted by atomic mass is 16.2. The summed E-state index contributed by atoms with van der Waals surface area (Å²) < 4.78 is 0. The molecule has 2 aromatic rings. The van der Waals surface area contributed by atoms with Crippen LogP contribution in [0.5, 0.6) is 0 Å². The molecule has 0 spiro atoms. The Kier molecular flexibility index (Phi) is 4.62. The quantitative estimate of drug-likeness (QED) is 0.873. The molecule has 0 bridgehead atoms. The molecule has 1 aromatic carbocycles. The standard InChI is InChI=1S/C19H25N3O/c1-4-17-13-21(10-11-22(17)14(2)3)19(23)16-7-8-18-15(12-16)6-5-9-20-18/h5-9,12,14,17H,4,10-11,13H2,1-3H3/t17-/m0/s1. The minimum atomic E-state index is 0.137. The molecule has 0 unspecified atom stereocenters. The third-order valence-electron chi connectivity index (χ3n) is 4.80. The second-order valence-corrected chi connectivity index (χ2v) is 6.56. The minimum Gasteiger partial charge on any atom is -0.336 e. The number of pyridine rings is 1. The molecular weight excluding hydrogens is 286 g/mol. The lowest BCUT2D eigenvalue weighted by Gasteiger charge is -2.43. The summed E-state index contributed by atoms with van der Waals surface area (Å²) in [6.45, 7) is 9.25. The van der Waals surface area contributed by atoms with Crippen molar-refractivity contribution in [3.8, 4) is 0 Å². The molecule has 1 fully saturated rings. The lowest BCUT2D eigenvalue weighted by molar-refractivity contribution is 0.0372. The van der Waals surface area contributed by atoms with Crippen molar-refractivity contribution >= 4 is 16.8 Å². The van der Waals surface area contributed by atoms with E-state index in [9.17, 15) is 4.79 Å². The van der Waals surface area contributed by atoms with Crippen LogP contribution in [0.1, 0.15) is 37.6 Å². The first-order valence-electron chi connectivity index (χ1n) is 8.50. The van der Waals surface area contributed by atoms with E-state index in [-0.39, 0.29) is 5.91 Å². The van der Waals surface area contributed by atoms with Crippen LogP contribution in [0.2, 0.25) is 0 Å². The average molecular weight is 311 g/mol. The van der Waals surface area contributed by atoms with E-state index >= 15 is 0 Å². The second-order valence-electron chi connectivity index (χ2n) is 6.56. The zero-order chi connectivity index (χ0) is 16.4. The Balaban J connectivity index is 1.79. The van der Waals surface area contributed by atoms with Crippen LogP contribution in [0, 0.1) is 0 Å². The number of amides is 1. The van der Waals surface area contributed by atoms with Crippen LogP contribution in [0.25, 0.3) is 10.9 Å². The number of rotatable bonds is 3. The Labute approximate surface area is 138 Å². The van der Waals surface area contributed by atoms with Crippen molar-refractivity contribution in [2.45, 2.75) is 39.3 Å². The van der Waals surface area contributed by atoms with Gasteiger partial charge in [-0.3, -0.25) is 14.7 Å². The fourth-order valence-corrected chi connectivity index (χ4v) is 3.49. The fourth-order valence-electron chi connectivity index (χ4n) is 3.49. The van der Waals surface area contributed by atoms with Crippen molar-refractivity contribution in [1.82, 2.24) is 14.8 Å². The van der Waals surface area contributed by atoms with Gasteiger partial charge in [-0.05, 0) is 44.5 Å². The van der Waals surface area contributed by atoms with Gasteiger partial charge in [-0.1, -0.05) is 13.0 Å². The highest BCUT2D eigenvalue weighted by molar-refractivity contribution is 5.98. The largest absolute Gasteiger partial charge is 0.336 e. The summed E-state index contributed by atoms with van der Waals surface area (Å²) in [6.07, 6.45) is 2.85. The molecule has 1 amide bonds. The topological polar surface area (TPSA) is 36.4 Å². The van der Waals surface area contributed by atoms with Crippen LogP contribution in [0.3, 0.4) is 0 Å². The smallest absolute Gasteiger partial charge is 0.253 e. The van der Waals surface area contributed by atoms with Gasteiger partial charge in [0.15, 0.2) is 0 Å². The van der Waals surface area contributed by atoms with E-state index in [0.29, 0.717) is 12.1 Å². The Hall–Kier alpha value is -1.94.